The molecule has 0 saturated carbocycles. The van der Waals surface area contributed by atoms with Gasteiger partial charge in [-0.1, -0.05) is 13.0 Å². The maximum atomic E-state index is 11.4. The van der Waals surface area contributed by atoms with Crippen molar-refractivity contribution < 1.29 is 29.4 Å². The number of hydrogen-bond acceptors (Lipinski definition) is 5. The van der Waals surface area contributed by atoms with Crippen LogP contribution in [0.3, 0.4) is 0 Å². The zero-order valence-corrected chi connectivity index (χ0v) is 10.1. The maximum absolute atomic E-state index is 11.4. The van der Waals surface area contributed by atoms with Gasteiger partial charge in [-0.2, -0.15) is 0 Å². The van der Waals surface area contributed by atoms with Gasteiger partial charge < -0.3 is 9.99 Å². The third kappa shape index (κ3) is 2.27. The quantitative estimate of drug-likeness (QED) is 0.641. The van der Waals surface area contributed by atoms with Crippen molar-refractivity contribution in [1.29, 1.82) is 0 Å². The van der Waals surface area contributed by atoms with Crippen LogP contribution in [0.4, 0.5) is 0 Å². The fraction of sp³-hybridized carbons (Fsp3) is 0.250. The van der Waals surface area contributed by atoms with E-state index in [0.717, 1.165) is 6.42 Å². The number of carboxylic acid groups (broad SMARTS) is 1. The first-order chi connectivity index (χ1) is 9.06. The SMILES string of the molecule is CCCC(=O)O.O=C1c2cccc3c2C(=O)N1OO3. The molecule has 1 aromatic rings. The number of carbonyl (C=O) groups excluding carboxylic acids is 2. The van der Waals surface area contributed by atoms with Gasteiger partial charge in [-0.3, -0.25) is 14.4 Å². The molecule has 3 rings (SSSR count). The average molecular weight is 265 g/mol. The summed E-state index contributed by atoms with van der Waals surface area (Å²) in [5.74, 6) is -1.34. The van der Waals surface area contributed by atoms with Gasteiger partial charge in [0.05, 0.1) is 5.56 Å². The Kier molecular flexibility index (Phi) is 3.48. The number of carboxylic acids is 1. The number of hydroxylamine groups is 2. The zero-order valence-electron chi connectivity index (χ0n) is 10.1. The van der Waals surface area contributed by atoms with Gasteiger partial charge in [0.25, 0.3) is 11.8 Å². The van der Waals surface area contributed by atoms with Crippen LogP contribution in [-0.2, 0) is 9.78 Å². The van der Waals surface area contributed by atoms with Crippen LogP contribution in [0.25, 0.3) is 0 Å². The lowest BCUT2D eigenvalue weighted by atomic mass is 10.1. The van der Waals surface area contributed by atoms with E-state index in [1.54, 1.807) is 18.2 Å². The van der Waals surface area contributed by atoms with E-state index in [4.69, 9.17) is 9.99 Å². The fourth-order valence-corrected chi connectivity index (χ4v) is 1.66. The molecule has 2 bridgehead atoms. The molecular weight excluding hydrogens is 254 g/mol. The van der Waals surface area contributed by atoms with Gasteiger partial charge in [0.1, 0.15) is 5.56 Å². The topological polar surface area (TPSA) is 93.1 Å². The van der Waals surface area contributed by atoms with Crippen molar-refractivity contribution >= 4 is 17.8 Å². The lowest BCUT2D eigenvalue weighted by Gasteiger charge is -2.15. The van der Waals surface area contributed by atoms with Crippen LogP contribution in [-0.4, -0.2) is 28.0 Å². The summed E-state index contributed by atoms with van der Waals surface area (Å²) in [7, 11) is 0. The highest BCUT2D eigenvalue weighted by atomic mass is 17.3. The Morgan fingerprint density at radius 1 is 1.32 bits per heavy atom. The van der Waals surface area contributed by atoms with Crippen molar-refractivity contribution in [3.05, 3.63) is 29.3 Å². The van der Waals surface area contributed by atoms with Crippen LogP contribution in [0.5, 0.6) is 5.75 Å². The molecule has 2 aliphatic heterocycles. The van der Waals surface area contributed by atoms with Crippen molar-refractivity contribution in [2.75, 3.05) is 0 Å². The molecule has 0 spiro atoms. The Labute approximate surface area is 108 Å². The van der Waals surface area contributed by atoms with E-state index in [0.29, 0.717) is 28.4 Å². The maximum Gasteiger partial charge on any atom is 0.303 e. The van der Waals surface area contributed by atoms with E-state index in [2.05, 4.69) is 4.99 Å². The van der Waals surface area contributed by atoms with E-state index in [1.165, 1.54) is 0 Å². The summed E-state index contributed by atoms with van der Waals surface area (Å²) in [5, 5.41) is 8.52. The van der Waals surface area contributed by atoms with Crippen LogP contribution in [0.15, 0.2) is 18.2 Å². The molecule has 2 aliphatic rings. The molecule has 2 amide bonds. The molecule has 0 atom stereocenters. The minimum atomic E-state index is -0.711. The normalized spacial score (nSPS) is 14.7. The molecule has 1 N–H and O–H groups in total. The van der Waals surface area contributed by atoms with Gasteiger partial charge in [0.2, 0.25) is 0 Å². The molecule has 0 saturated heterocycles. The Bertz CT molecular complexity index is 553. The van der Waals surface area contributed by atoms with Gasteiger partial charge in [-0.15, -0.1) is 5.06 Å². The van der Waals surface area contributed by atoms with E-state index in [1.807, 2.05) is 6.92 Å². The van der Waals surface area contributed by atoms with Crippen molar-refractivity contribution in [2.45, 2.75) is 19.8 Å². The van der Waals surface area contributed by atoms with Gasteiger partial charge in [-0.25, -0.2) is 0 Å². The second-order valence-corrected chi connectivity index (χ2v) is 3.88. The third-order valence-electron chi connectivity index (χ3n) is 2.50. The molecule has 0 aliphatic carbocycles. The van der Waals surface area contributed by atoms with E-state index in [-0.39, 0.29) is 0 Å². The molecule has 7 heteroatoms. The Hall–Kier alpha value is -2.41. The summed E-state index contributed by atoms with van der Waals surface area (Å²) in [4.78, 5) is 41.6. The Balaban J connectivity index is 0.000000192. The molecule has 0 unspecified atom stereocenters. The van der Waals surface area contributed by atoms with Crippen LogP contribution in [0, 0.1) is 0 Å². The van der Waals surface area contributed by atoms with Crippen molar-refractivity contribution in [1.82, 2.24) is 5.06 Å². The minimum Gasteiger partial charge on any atom is -0.481 e. The van der Waals surface area contributed by atoms with Crippen LogP contribution in [0.1, 0.15) is 40.5 Å². The molecule has 1 aromatic carbocycles. The first kappa shape index (κ1) is 13.0. The van der Waals surface area contributed by atoms with Crippen LogP contribution < -0.4 is 4.89 Å². The Morgan fingerprint density at radius 2 is 2.05 bits per heavy atom. The lowest BCUT2D eigenvalue weighted by molar-refractivity contribution is -0.323. The molecule has 7 nitrogen and oxygen atoms in total. The van der Waals surface area contributed by atoms with Crippen LogP contribution in [0.2, 0.25) is 0 Å². The Morgan fingerprint density at radius 3 is 2.63 bits per heavy atom. The highest BCUT2D eigenvalue weighted by molar-refractivity contribution is 6.22. The second-order valence-electron chi connectivity index (χ2n) is 3.88. The number of rotatable bonds is 2. The summed E-state index contributed by atoms with van der Waals surface area (Å²) in [6.45, 7) is 1.84. The second kappa shape index (κ2) is 5.07. The summed E-state index contributed by atoms with van der Waals surface area (Å²) in [5.41, 5.74) is 0.624. The van der Waals surface area contributed by atoms with E-state index < -0.39 is 17.8 Å². The van der Waals surface area contributed by atoms with Gasteiger partial charge in [-0.05, 0) is 23.5 Å². The monoisotopic (exact) mass is 265 g/mol. The highest BCUT2D eigenvalue weighted by Gasteiger charge is 2.44. The molecule has 100 valence electrons. The van der Waals surface area contributed by atoms with Gasteiger partial charge >= 0.3 is 5.97 Å². The van der Waals surface area contributed by atoms with E-state index >= 15 is 0 Å². The number of fused-ring (bicyclic) bond motifs is 1. The predicted octanol–water partition coefficient (Wildman–Crippen LogP) is 1.39. The molecular formula is C12H11NO6. The number of carbonyl (C=O) groups is 3. The van der Waals surface area contributed by atoms with E-state index in [9.17, 15) is 14.4 Å². The van der Waals surface area contributed by atoms with Crippen LogP contribution >= 0.6 is 0 Å². The number of nitrogens with zero attached hydrogens (tertiary/aromatic N) is 1. The minimum absolute atomic E-state index is 0.291. The highest BCUT2D eigenvalue weighted by Crippen LogP contribution is 2.34. The van der Waals surface area contributed by atoms with Crippen molar-refractivity contribution in [3.8, 4) is 5.75 Å². The van der Waals surface area contributed by atoms with Crippen molar-refractivity contribution in [2.24, 2.45) is 0 Å². The lowest BCUT2D eigenvalue weighted by Crippen LogP contribution is -2.33. The smallest absolute Gasteiger partial charge is 0.303 e. The standard InChI is InChI=1S/C8H3NO4.C4H8O2/c10-7-4-2-1-3-5-6(4)8(11)9(7)13-12-5;1-2-3-4(5)6/h1-3H;2-3H2,1H3,(H,5,6). The average Bonchev–Trinajstić information content (AvgIpc) is 2.57. The number of imide groups is 1. The first-order valence-electron chi connectivity index (χ1n) is 5.64. The summed E-state index contributed by atoms with van der Waals surface area (Å²) in [6.07, 6.45) is 1.02. The number of aliphatic carboxylic acids is 1. The molecule has 0 fully saturated rings. The summed E-state index contributed by atoms with van der Waals surface area (Å²) < 4.78 is 0. The van der Waals surface area contributed by atoms with Gasteiger partial charge in [0, 0.05) is 6.42 Å². The molecule has 2 heterocycles. The third-order valence-corrected chi connectivity index (χ3v) is 2.50. The zero-order chi connectivity index (χ0) is 14.0. The summed E-state index contributed by atoms with van der Waals surface area (Å²) >= 11 is 0. The largest absolute Gasteiger partial charge is 0.481 e. The number of hydrogen-bond donors (Lipinski definition) is 1. The fourth-order valence-electron chi connectivity index (χ4n) is 1.66. The molecule has 19 heavy (non-hydrogen) atoms. The predicted molar refractivity (Wildman–Crippen MR) is 61.2 cm³/mol. The molecule has 0 aromatic heterocycles. The van der Waals surface area contributed by atoms with Crippen molar-refractivity contribution in [3.63, 3.8) is 0 Å². The summed E-state index contributed by atoms with van der Waals surface area (Å²) in [6, 6.07) is 4.78. The van der Waals surface area contributed by atoms with Gasteiger partial charge in [0.15, 0.2) is 5.75 Å². The number of benzene rings is 1. The molecule has 0 radical (unpaired) electrons. The number of amides is 2. The first-order valence-corrected chi connectivity index (χ1v) is 5.64.